The second kappa shape index (κ2) is 9.87. The van der Waals surface area contributed by atoms with E-state index in [1.807, 2.05) is 12.1 Å². The molecule has 0 aliphatic carbocycles. The van der Waals surface area contributed by atoms with Gasteiger partial charge in [0.15, 0.2) is 5.75 Å². The summed E-state index contributed by atoms with van der Waals surface area (Å²) in [5.41, 5.74) is 0.529. The first kappa shape index (κ1) is 22.2. The minimum Gasteiger partial charge on any atom is -0.496 e. The predicted octanol–water partition coefficient (Wildman–Crippen LogP) is 2.76. The Balaban J connectivity index is 2.01. The van der Waals surface area contributed by atoms with E-state index in [0.29, 0.717) is 5.75 Å². The minimum atomic E-state index is -0.639. The number of likely N-dealkylation sites (N-methyl/N-ethyl adjacent to an activating group) is 1. The van der Waals surface area contributed by atoms with Crippen molar-refractivity contribution in [2.45, 2.75) is 6.54 Å². The average Bonchev–Trinajstić information content (AvgIpc) is 2.71. The molecule has 0 aliphatic rings. The summed E-state index contributed by atoms with van der Waals surface area (Å²) in [5.74, 6) is -0.242. The highest BCUT2D eigenvalue weighted by Gasteiger charge is 2.19. The molecule has 0 aliphatic heterocycles. The van der Waals surface area contributed by atoms with Crippen LogP contribution in [-0.2, 0) is 11.3 Å². The third kappa shape index (κ3) is 5.67. The van der Waals surface area contributed by atoms with Crippen molar-refractivity contribution < 1.29 is 24.0 Å². The second-order valence-corrected chi connectivity index (χ2v) is 6.95. The zero-order valence-corrected chi connectivity index (χ0v) is 17.7. The van der Waals surface area contributed by atoms with Crippen LogP contribution >= 0.6 is 15.9 Å². The first-order chi connectivity index (χ1) is 13.8. The van der Waals surface area contributed by atoms with E-state index in [2.05, 4.69) is 21.2 Å². The van der Waals surface area contributed by atoms with Crippen molar-refractivity contribution in [3.05, 3.63) is 62.1 Å². The molecule has 10 heteroatoms. The van der Waals surface area contributed by atoms with Crippen LogP contribution in [0.3, 0.4) is 0 Å². The summed E-state index contributed by atoms with van der Waals surface area (Å²) in [6.45, 7) is 0.0246. The van der Waals surface area contributed by atoms with Gasteiger partial charge in [0.1, 0.15) is 5.75 Å². The Morgan fingerprint density at radius 3 is 2.41 bits per heavy atom. The quantitative estimate of drug-likeness (QED) is 0.473. The van der Waals surface area contributed by atoms with Gasteiger partial charge in [-0.2, -0.15) is 0 Å². The van der Waals surface area contributed by atoms with Gasteiger partial charge >= 0.3 is 5.69 Å². The lowest BCUT2D eigenvalue weighted by molar-refractivity contribution is -0.385. The highest BCUT2D eigenvalue weighted by Crippen LogP contribution is 2.27. The number of hydrogen-bond acceptors (Lipinski definition) is 6. The third-order valence-electron chi connectivity index (χ3n) is 4.11. The Labute approximate surface area is 175 Å². The maximum Gasteiger partial charge on any atom is 0.311 e. The molecule has 0 aromatic heterocycles. The van der Waals surface area contributed by atoms with Crippen molar-refractivity contribution in [2.24, 2.45) is 0 Å². The zero-order chi connectivity index (χ0) is 21.6. The fourth-order valence-corrected chi connectivity index (χ4v) is 2.99. The molecule has 2 aromatic carbocycles. The molecule has 0 fully saturated rings. The minimum absolute atomic E-state index is 0.0466. The fraction of sp³-hybridized carbons (Fsp3) is 0.263. The lowest BCUT2D eigenvalue weighted by Crippen LogP contribution is -2.37. The highest BCUT2D eigenvalue weighted by atomic mass is 79.9. The number of nitrogens with zero attached hydrogens (tertiary/aromatic N) is 2. The van der Waals surface area contributed by atoms with Gasteiger partial charge in [0, 0.05) is 35.3 Å². The molecule has 0 spiro atoms. The lowest BCUT2D eigenvalue weighted by atomic mass is 10.1. The Hall–Kier alpha value is -3.14. The van der Waals surface area contributed by atoms with Crippen LogP contribution in [-0.4, -0.2) is 49.4 Å². The van der Waals surface area contributed by atoms with Crippen molar-refractivity contribution in [3.63, 3.8) is 0 Å². The van der Waals surface area contributed by atoms with Crippen LogP contribution in [0, 0.1) is 10.1 Å². The molecule has 9 nitrogen and oxygen atoms in total. The Morgan fingerprint density at radius 2 is 1.79 bits per heavy atom. The summed E-state index contributed by atoms with van der Waals surface area (Å²) in [4.78, 5) is 36.5. The predicted molar refractivity (Wildman–Crippen MR) is 109 cm³/mol. The molecule has 0 unspecified atom stereocenters. The van der Waals surface area contributed by atoms with Gasteiger partial charge in [-0.15, -0.1) is 0 Å². The van der Waals surface area contributed by atoms with Crippen LogP contribution in [0.15, 0.2) is 40.9 Å². The number of amides is 2. The van der Waals surface area contributed by atoms with Gasteiger partial charge in [0.2, 0.25) is 5.91 Å². The number of carbonyl (C=O) groups is 2. The summed E-state index contributed by atoms with van der Waals surface area (Å²) in [7, 11) is 4.45. The normalized spacial score (nSPS) is 10.2. The molecule has 0 atom stereocenters. The number of benzene rings is 2. The van der Waals surface area contributed by atoms with Crippen molar-refractivity contribution in [1.29, 1.82) is 0 Å². The molecular weight excluding hydrogens is 446 g/mol. The standard InChI is InChI=1S/C19H20BrN3O6/c1-22(11-13-8-14(20)5-7-16(13)28-2)18(24)10-21-19(25)12-4-6-17(29-3)15(9-12)23(26)27/h4-9H,10-11H2,1-3H3,(H,21,25). The maximum absolute atomic E-state index is 12.4. The Kier molecular flexibility index (Phi) is 7.54. The van der Waals surface area contributed by atoms with Crippen LogP contribution < -0.4 is 14.8 Å². The zero-order valence-electron chi connectivity index (χ0n) is 16.1. The smallest absolute Gasteiger partial charge is 0.311 e. The summed E-state index contributed by atoms with van der Waals surface area (Å²) < 4.78 is 11.1. The van der Waals surface area contributed by atoms with Gasteiger partial charge in [0.05, 0.1) is 25.7 Å². The van der Waals surface area contributed by atoms with E-state index >= 15 is 0 Å². The van der Waals surface area contributed by atoms with Crippen LogP contribution in [0.25, 0.3) is 0 Å². The molecular formula is C19H20BrN3O6. The molecule has 0 saturated carbocycles. The number of hydrogen-bond donors (Lipinski definition) is 1. The van der Waals surface area contributed by atoms with Gasteiger partial charge in [-0.3, -0.25) is 19.7 Å². The van der Waals surface area contributed by atoms with E-state index in [0.717, 1.165) is 16.1 Å². The van der Waals surface area contributed by atoms with E-state index in [1.165, 1.54) is 24.1 Å². The Morgan fingerprint density at radius 1 is 1.14 bits per heavy atom. The SMILES string of the molecule is COc1ccc(Br)cc1CN(C)C(=O)CNC(=O)c1ccc(OC)c([N+](=O)[O-])c1. The lowest BCUT2D eigenvalue weighted by Gasteiger charge is -2.19. The van der Waals surface area contributed by atoms with Crippen molar-refractivity contribution in [1.82, 2.24) is 10.2 Å². The van der Waals surface area contributed by atoms with E-state index in [4.69, 9.17) is 9.47 Å². The fourth-order valence-electron chi connectivity index (χ4n) is 2.58. The second-order valence-electron chi connectivity index (χ2n) is 6.03. The number of rotatable bonds is 8. The first-order valence-electron chi connectivity index (χ1n) is 8.43. The molecule has 2 aromatic rings. The molecule has 2 rings (SSSR count). The molecule has 0 bridgehead atoms. The van der Waals surface area contributed by atoms with E-state index in [1.54, 1.807) is 20.2 Å². The van der Waals surface area contributed by atoms with Gasteiger partial charge in [-0.05, 0) is 30.3 Å². The Bertz CT molecular complexity index is 934. The average molecular weight is 466 g/mol. The largest absolute Gasteiger partial charge is 0.496 e. The summed E-state index contributed by atoms with van der Waals surface area (Å²) >= 11 is 3.38. The molecule has 0 radical (unpaired) electrons. The van der Waals surface area contributed by atoms with Crippen molar-refractivity contribution in [2.75, 3.05) is 27.8 Å². The van der Waals surface area contributed by atoms with Gasteiger partial charge in [-0.1, -0.05) is 15.9 Å². The molecule has 0 heterocycles. The van der Waals surface area contributed by atoms with Gasteiger partial charge in [-0.25, -0.2) is 0 Å². The summed E-state index contributed by atoms with van der Waals surface area (Å²) in [5, 5.41) is 13.6. The molecule has 154 valence electrons. The van der Waals surface area contributed by atoms with Crippen LogP contribution in [0.1, 0.15) is 15.9 Å². The van der Waals surface area contributed by atoms with Crippen LogP contribution in [0.4, 0.5) is 5.69 Å². The maximum atomic E-state index is 12.4. The monoisotopic (exact) mass is 465 g/mol. The number of nitrogens with one attached hydrogen (secondary N) is 1. The topological polar surface area (TPSA) is 111 Å². The number of ether oxygens (including phenoxy) is 2. The number of nitro benzene ring substituents is 1. The van der Waals surface area contributed by atoms with Crippen LogP contribution in [0.5, 0.6) is 11.5 Å². The van der Waals surface area contributed by atoms with Gasteiger partial charge < -0.3 is 19.7 Å². The first-order valence-corrected chi connectivity index (χ1v) is 9.23. The molecule has 0 saturated heterocycles. The number of nitro groups is 1. The van der Waals surface area contributed by atoms with Crippen LogP contribution in [0.2, 0.25) is 0 Å². The number of methoxy groups -OCH3 is 2. The molecule has 2 amide bonds. The van der Waals surface area contributed by atoms with E-state index < -0.39 is 10.8 Å². The third-order valence-corrected chi connectivity index (χ3v) is 4.61. The molecule has 29 heavy (non-hydrogen) atoms. The number of carbonyl (C=O) groups excluding carboxylic acids is 2. The highest BCUT2D eigenvalue weighted by molar-refractivity contribution is 9.10. The summed E-state index contributed by atoms with van der Waals surface area (Å²) in [6, 6.07) is 9.29. The van der Waals surface area contributed by atoms with Crippen molar-refractivity contribution in [3.8, 4) is 11.5 Å². The van der Waals surface area contributed by atoms with E-state index in [9.17, 15) is 19.7 Å². The summed E-state index contributed by atoms with van der Waals surface area (Å²) in [6.07, 6.45) is 0. The van der Waals surface area contributed by atoms with E-state index in [-0.39, 0.29) is 36.0 Å². The van der Waals surface area contributed by atoms with Gasteiger partial charge in [0.25, 0.3) is 5.91 Å². The molecule has 1 N–H and O–H groups in total. The van der Waals surface area contributed by atoms with Crippen molar-refractivity contribution >= 4 is 33.4 Å². The number of halogens is 1.